The van der Waals surface area contributed by atoms with E-state index in [0.717, 1.165) is 10.2 Å². The van der Waals surface area contributed by atoms with Gasteiger partial charge >= 0.3 is 6.36 Å². The van der Waals surface area contributed by atoms with Gasteiger partial charge < -0.3 is 15.8 Å². The summed E-state index contributed by atoms with van der Waals surface area (Å²) in [4.78, 5) is 20.8. The molecule has 2 aromatic carbocycles. The van der Waals surface area contributed by atoms with Crippen LogP contribution in [0.25, 0.3) is 15.8 Å². The maximum atomic E-state index is 12.8. The Hall–Kier alpha value is -3.37. The van der Waals surface area contributed by atoms with Crippen molar-refractivity contribution < 1.29 is 22.7 Å². The Balaban J connectivity index is 1.87. The lowest BCUT2D eigenvalue weighted by atomic mass is 10.0. The molecule has 178 valence electrons. The maximum Gasteiger partial charge on any atom is 0.573 e. The van der Waals surface area contributed by atoms with E-state index in [1.54, 1.807) is 32.0 Å². The van der Waals surface area contributed by atoms with Gasteiger partial charge in [0.05, 0.1) is 16.3 Å². The van der Waals surface area contributed by atoms with Crippen LogP contribution in [-0.4, -0.2) is 24.0 Å². The Morgan fingerprint density at radius 3 is 2.71 bits per heavy atom. The number of carbonyl (C=O) groups is 1. The van der Waals surface area contributed by atoms with Crippen molar-refractivity contribution in [2.45, 2.75) is 26.3 Å². The highest BCUT2D eigenvalue weighted by Gasteiger charge is 2.32. The van der Waals surface area contributed by atoms with Crippen molar-refractivity contribution in [2.75, 3.05) is 5.73 Å². The molecule has 3 rings (SSSR count). The van der Waals surface area contributed by atoms with E-state index in [2.05, 4.69) is 26.7 Å². The number of nitrogens with zero attached hydrogens (tertiary/aromatic N) is 2. The smallest absolute Gasteiger partial charge is 0.405 e. The van der Waals surface area contributed by atoms with Crippen molar-refractivity contribution in [1.29, 1.82) is 0 Å². The first-order valence-electron chi connectivity index (χ1n) is 9.85. The van der Waals surface area contributed by atoms with Crippen LogP contribution in [0.3, 0.4) is 0 Å². The molecule has 34 heavy (non-hydrogen) atoms. The summed E-state index contributed by atoms with van der Waals surface area (Å²) in [6.07, 6.45) is -3.32. The molecule has 11 heteroatoms. The zero-order chi connectivity index (χ0) is 25.0. The van der Waals surface area contributed by atoms with Gasteiger partial charge in [0.25, 0.3) is 0 Å². The second-order valence-electron chi connectivity index (χ2n) is 7.21. The Kier molecular flexibility index (Phi) is 7.63. The number of halogens is 4. The number of para-hydroxylation sites is 1. The fourth-order valence-corrected chi connectivity index (χ4v) is 4.12. The van der Waals surface area contributed by atoms with E-state index < -0.39 is 18.3 Å². The molecule has 6 nitrogen and oxygen atoms in total. The van der Waals surface area contributed by atoms with Gasteiger partial charge in [0.1, 0.15) is 10.9 Å². The number of anilines is 1. The first-order chi connectivity index (χ1) is 16.0. The third kappa shape index (κ3) is 6.15. The number of alkyl halides is 3. The Bertz CT molecular complexity index is 1300. The second-order valence-corrected chi connectivity index (χ2v) is 8.63. The molecule has 3 N–H and O–H groups in total. The lowest BCUT2D eigenvalue weighted by molar-refractivity contribution is -0.275. The highest BCUT2D eigenvalue weighted by atomic mass is 35.5. The molecular weight excluding hydrogens is 489 g/mol. The van der Waals surface area contributed by atoms with E-state index in [0.29, 0.717) is 16.3 Å². The lowest BCUT2D eigenvalue weighted by Gasteiger charge is -2.19. The Morgan fingerprint density at radius 1 is 1.32 bits per heavy atom. The number of fused-ring (bicyclic) bond motifs is 1. The summed E-state index contributed by atoms with van der Waals surface area (Å²) >= 11 is 7.57. The molecule has 0 fully saturated rings. The van der Waals surface area contributed by atoms with Gasteiger partial charge in [-0.15, -0.1) is 13.2 Å². The number of rotatable bonds is 7. The number of allylic oxidation sites excluding steroid dienone is 2. The van der Waals surface area contributed by atoms with Gasteiger partial charge in [-0.1, -0.05) is 47.2 Å². The first-order valence-corrected chi connectivity index (χ1v) is 11.0. The Morgan fingerprint density at radius 2 is 2.03 bits per heavy atom. The van der Waals surface area contributed by atoms with Gasteiger partial charge in [-0.2, -0.15) is 0 Å². The van der Waals surface area contributed by atoms with Crippen LogP contribution in [-0.2, 0) is 4.79 Å². The minimum absolute atomic E-state index is 0.0703. The van der Waals surface area contributed by atoms with Crippen LogP contribution in [0.5, 0.6) is 5.75 Å². The topological polar surface area (TPSA) is 89.6 Å². The summed E-state index contributed by atoms with van der Waals surface area (Å²) < 4.78 is 43.1. The highest BCUT2D eigenvalue weighted by Crippen LogP contribution is 2.32. The van der Waals surface area contributed by atoms with E-state index >= 15 is 0 Å². The number of nitrogens with two attached hydrogens (primary N) is 1. The van der Waals surface area contributed by atoms with Crippen molar-refractivity contribution in [3.05, 3.63) is 70.4 Å². The first kappa shape index (κ1) is 25.3. The predicted octanol–water partition coefficient (Wildman–Crippen LogP) is 6.21. The maximum absolute atomic E-state index is 12.8. The summed E-state index contributed by atoms with van der Waals surface area (Å²) in [7, 11) is 0. The number of aromatic nitrogens is 1. The lowest BCUT2D eigenvalue weighted by Crippen LogP contribution is -2.28. The van der Waals surface area contributed by atoms with E-state index in [9.17, 15) is 18.0 Å². The predicted molar refractivity (Wildman–Crippen MR) is 130 cm³/mol. The van der Waals surface area contributed by atoms with Gasteiger partial charge in [0.15, 0.2) is 5.13 Å². The normalized spacial score (nSPS) is 13.9. The monoisotopic (exact) mass is 508 g/mol. The zero-order valence-electron chi connectivity index (χ0n) is 18.1. The number of nitrogen functional groups attached to an aromatic ring is 1. The quantitative estimate of drug-likeness (QED) is 0.172. The number of hydrogen-bond donors (Lipinski definition) is 2. The van der Waals surface area contributed by atoms with Crippen LogP contribution < -0.4 is 15.8 Å². The second kappa shape index (κ2) is 10.3. The molecule has 1 unspecified atom stereocenters. The largest absolute Gasteiger partial charge is 0.573 e. The molecule has 0 saturated heterocycles. The number of carbonyl (C=O) groups excluding carboxylic acids is 1. The third-order valence-electron chi connectivity index (χ3n) is 4.75. The average Bonchev–Trinajstić information content (AvgIpc) is 3.15. The number of ether oxygens (including phenoxy) is 1. The van der Waals surface area contributed by atoms with Crippen LogP contribution in [0.15, 0.2) is 64.3 Å². The molecule has 0 aliphatic heterocycles. The molecule has 0 saturated carbocycles. The minimum atomic E-state index is -4.85. The van der Waals surface area contributed by atoms with Crippen LogP contribution in [0, 0.1) is 0 Å². The van der Waals surface area contributed by atoms with Gasteiger partial charge in [0, 0.05) is 16.7 Å². The molecule has 1 atom stereocenters. The SMILES string of the molecule is C=N/C(Cl)=C(\C=C(/C)C(=O)NC(C)c1ccccc1OC(F)(F)F)c1ccc2nc(N)sc2c1. The summed E-state index contributed by atoms with van der Waals surface area (Å²) in [5, 5.41) is 3.17. The molecule has 1 aromatic heterocycles. The van der Waals surface area contributed by atoms with Gasteiger partial charge in [-0.25, -0.2) is 4.98 Å². The van der Waals surface area contributed by atoms with Gasteiger partial charge in [0.2, 0.25) is 5.91 Å². The summed E-state index contributed by atoms with van der Waals surface area (Å²) in [5.74, 6) is -0.899. The summed E-state index contributed by atoms with van der Waals surface area (Å²) in [6, 6.07) is 10.2. The van der Waals surface area contributed by atoms with Crippen molar-refractivity contribution in [1.82, 2.24) is 10.3 Å². The number of aliphatic imine (C=N–C) groups is 1. The fraction of sp³-hybridized carbons (Fsp3) is 0.174. The van der Waals surface area contributed by atoms with Crippen molar-refractivity contribution in [2.24, 2.45) is 4.99 Å². The van der Waals surface area contributed by atoms with E-state index in [1.165, 1.54) is 35.6 Å². The molecule has 1 amide bonds. The van der Waals surface area contributed by atoms with E-state index in [4.69, 9.17) is 17.3 Å². The highest BCUT2D eigenvalue weighted by molar-refractivity contribution is 7.22. The molecular formula is C23H20ClF3N4O2S. The van der Waals surface area contributed by atoms with Gasteiger partial charge in [-0.05, 0) is 50.4 Å². The Labute approximate surface area is 202 Å². The number of benzene rings is 2. The molecule has 0 aliphatic rings. The number of thiazole rings is 1. The molecule has 3 aromatic rings. The molecule has 0 spiro atoms. The average molecular weight is 509 g/mol. The van der Waals surface area contributed by atoms with Crippen LogP contribution in [0.2, 0.25) is 0 Å². The minimum Gasteiger partial charge on any atom is -0.405 e. The number of nitrogens with one attached hydrogen (secondary N) is 1. The number of hydrogen-bond acceptors (Lipinski definition) is 6. The molecule has 0 radical (unpaired) electrons. The van der Waals surface area contributed by atoms with E-state index in [-0.39, 0.29) is 22.0 Å². The van der Waals surface area contributed by atoms with Crippen LogP contribution in [0.4, 0.5) is 18.3 Å². The van der Waals surface area contributed by atoms with Crippen molar-refractivity contribution >= 4 is 56.5 Å². The summed E-state index contributed by atoms with van der Waals surface area (Å²) in [5.41, 5.74) is 8.02. The molecule has 1 heterocycles. The van der Waals surface area contributed by atoms with Crippen molar-refractivity contribution in [3.8, 4) is 5.75 Å². The van der Waals surface area contributed by atoms with E-state index in [1.807, 2.05) is 6.07 Å². The van der Waals surface area contributed by atoms with Crippen molar-refractivity contribution in [3.63, 3.8) is 0 Å². The molecule has 0 aliphatic carbocycles. The fourth-order valence-electron chi connectivity index (χ4n) is 3.18. The van der Waals surface area contributed by atoms with Crippen LogP contribution >= 0.6 is 22.9 Å². The summed E-state index contributed by atoms with van der Waals surface area (Å²) in [6.45, 7) is 6.56. The zero-order valence-corrected chi connectivity index (χ0v) is 19.7. The van der Waals surface area contributed by atoms with Gasteiger partial charge in [-0.3, -0.25) is 9.79 Å². The third-order valence-corrected chi connectivity index (χ3v) is 5.93. The van der Waals surface area contributed by atoms with Crippen LogP contribution in [0.1, 0.15) is 31.0 Å². The standard InChI is InChI=1S/C23H20ClF3N4O2S/c1-12(21(32)30-13(2)15-6-4-5-7-18(15)33-23(25,26)27)10-16(20(24)29-3)14-8-9-17-19(11-14)34-22(28)31-17/h4-11,13H,3H2,1-2H3,(H2,28,31)(H,30,32)/b12-10+,20-16+. The molecule has 0 bridgehead atoms. The number of amides is 1.